The predicted octanol–water partition coefficient (Wildman–Crippen LogP) is 2.45. The van der Waals surface area contributed by atoms with Crippen LogP contribution in [0.1, 0.15) is 30.6 Å². The Hall–Kier alpha value is -1.27. The monoisotopic (exact) mass is 287 g/mol. The summed E-state index contributed by atoms with van der Waals surface area (Å²) in [7, 11) is 0. The first-order valence-corrected chi connectivity index (χ1v) is 6.91. The van der Waals surface area contributed by atoms with Gasteiger partial charge in [0.15, 0.2) is 0 Å². The molecule has 106 valence electrons. The third-order valence-corrected chi connectivity index (χ3v) is 3.67. The first-order valence-electron chi connectivity index (χ1n) is 6.03. The lowest BCUT2D eigenvalue weighted by Gasteiger charge is -2.12. The minimum atomic E-state index is -0.559. The number of thioether (sulfide) groups is 1. The minimum Gasteiger partial charge on any atom is -0.462 e. The molecule has 0 radical (unpaired) electrons. The van der Waals surface area contributed by atoms with Crippen LogP contribution in [0.15, 0.2) is 17.0 Å². The lowest BCUT2D eigenvalue weighted by molar-refractivity contribution is 0.0527. The van der Waals surface area contributed by atoms with Gasteiger partial charge in [0.2, 0.25) is 0 Å². The molecule has 0 aliphatic carbocycles. The number of nitrogens with two attached hydrogens (primary N) is 1. The van der Waals surface area contributed by atoms with Crippen LogP contribution in [-0.2, 0) is 4.74 Å². The number of anilines is 1. The molecule has 0 spiro atoms. The Bertz CT molecular complexity index is 454. The number of ether oxygens (including phenoxy) is 1. The molecule has 0 saturated heterocycles. The van der Waals surface area contributed by atoms with Crippen LogP contribution in [0.3, 0.4) is 0 Å². The molecule has 0 fully saturated rings. The van der Waals surface area contributed by atoms with Crippen molar-refractivity contribution in [1.29, 1.82) is 0 Å². The summed E-state index contributed by atoms with van der Waals surface area (Å²) in [6.45, 7) is 3.84. The van der Waals surface area contributed by atoms with Gasteiger partial charge < -0.3 is 15.6 Å². The van der Waals surface area contributed by atoms with Crippen LogP contribution in [0.5, 0.6) is 0 Å². The Labute approximate surface area is 116 Å². The number of carbonyl (C=O) groups is 1. The van der Waals surface area contributed by atoms with E-state index in [1.165, 1.54) is 17.8 Å². The smallest absolute Gasteiger partial charge is 0.340 e. The number of halogens is 1. The molecule has 0 heterocycles. The number of nitrogen functional groups attached to an aromatic ring is 1. The number of esters is 1. The largest absolute Gasteiger partial charge is 0.462 e. The fourth-order valence-corrected chi connectivity index (χ4v) is 2.52. The molecule has 0 aromatic heterocycles. The Kier molecular flexibility index (Phi) is 6.11. The molecule has 6 heteroatoms. The van der Waals surface area contributed by atoms with Crippen LogP contribution in [0.25, 0.3) is 0 Å². The molecule has 19 heavy (non-hydrogen) atoms. The van der Waals surface area contributed by atoms with Crippen molar-refractivity contribution in [1.82, 2.24) is 0 Å². The van der Waals surface area contributed by atoms with Crippen LogP contribution in [-0.4, -0.2) is 29.5 Å². The second-order valence-corrected chi connectivity index (χ2v) is 5.51. The van der Waals surface area contributed by atoms with Crippen LogP contribution < -0.4 is 5.73 Å². The first kappa shape index (κ1) is 15.8. The number of rotatable bonds is 6. The maximum atomic E-state index is 13.8. The highest BCUT2D eigenvalue weighted by atomic mass is 32.2. The highest BCUT2D eigenvalue weighted by molar-refractivity contribution is 8.00. The van der Waals surface area contributed by atoms with Crippen LogP contribution in [0, 0.1) is 5.82 Å². The zero-order valence-electron chi connectivity index (χ0n) is 11.0. The highest BCUT2D eigenvalue weighted by Crippen LogP contribution is 2.31. The Morgan fingerprint density at radius 2 is 2.26 bits per heavy atom. The topological polar surface area (TPSA) is 72.5 Å². The maximum Gasteiger partial charge on any atom is 0.340 e. The molecule has 0 saturated carbocycles. The third kappa shape index (κ3) is 4.40. The number of aliphatic hydroxyl groups is 1. The number of benzene rings is 1. The molecule has 1 atom stereocenters. The molecule has 3 N–H and O–H groups in total. The fourth-order valence-electron chi connectivity index (χ4n) is 1.50. The number of aliphatic hydroxyl groups excluding tert-OH is 1. The van der Waals surface area contributed by atoms with Gasteiger partial charge in [0.05, 0.1) is 12.2 Å². The molecule has 0 aliphatic heterocycles. The molecule has 0 bridgehead atoms. The van der Waals surface area contributed by atoms with Crippen molar-refractivity contribution >= 4 is 23.4 Å². The summed E-state index contributed by atoms with van der Waals surface area (Å²) < 4.78 is 18.6. The Balaban J connectivity index is 2.99. The van der Waals surface area contributed by atoms with E-state index in [-0.39, 0.29) is 29.7 Å². The van der Waals surface area contributed by atoms with Gasteiger partial charge in [-0.1, -0.05) is 6.92 Å². The van der Waals surface area contributed by atoms with E-state index >= 15 is 0 Å². The summed E-state index contributed by atoms with van der Waals surface area (Å²) in [6, 6.07) is 2.53. The van der Waals surface area contributed by atoms with Gasteiger partial charge in [0.1, 0.15) is 5.82 Å². The van der Waals surface area contributed by atoms with E-state index in [1.54, 1.807) is 6.92 Å². The van der Waals surface area contributed by atoms with Crippen molar-refractivity contribution in [2.75, 3.05) is 18.9 Å². The minimum absolute atomic E-state index is 0.0372. The Morgan fingerprint density at radius 3 is 2.84 bits per heavy atom. The molecular formula is C13H18FNO3S. The summed E-state index contributed by atoms with van der Waals surface area (Å²) >= 11 is 1.25. The van der Waals surface area contributed by atoms with Gasteiger partial charge in [-0.05, 0) is 25.5 Å². The van der Waals surface area contributed by atoms with Gasteiger partial charge in [-0.3, -0.25) is 0 Å². The van der Waals surface area contributed by atoms with Gasteiger partial charge in [-0.25, -0.2) is 9.18 Å². The van der Waals surface area contributed by atoms with Crippen molar-refractivity contribution in [3.05, 3.63) is 23.5 Å². The zero-order chi connectivity index (χ0) is 14.4. The molecule has 1 rings (SSSR count). The van der Waals surface area contributed by atoms with E-state index < -0.39 is 11.8 Å². The summed E-state index contributed by atoms with van der Waals surface area (Å²) in [4.78, 5) is 12.0. The first-order chi connectivity index (χ1) is 8.99. The van der Waals surface area contributed by atoms with E-state index in [1.807, 2.05) is 6.92 Å². The van der Waals surface area contributed by atoms with E-state index in [4.69, 9.17) is 15.6 Å². The highest BCUT2D eigenvalue weighted by Gasteiger charge is 2.17. The second-order valence-electron chi connectivity index (χ2n) is 4.03. The third-order valence-electron chi connectivity index (χ3n) is 2.46. The van der Waals surface area contributed by atoms with Crippen molar-refractivity contribution in [3.8, 4) is 0 Å². The van der Waals surface area contributed by atoms with Crippen LogP contribution in [0.4, 0.5) is 10.1 Å². The van der Waals surface area contributed by atoms with E-state index in [0.29, 0.717) is 11.3 Å². The molecular weight excluding hydrogens is 269 g/mol. The van der Waals surface area contributed by atoms with Gasteiger partial charge in [0, 0.05) is 22.4 Å². The van der Waals surface area contributed by atoms with Crippen LogP contribution >= 0.6 is 11.8 Å². The predicted molar refractivity (Wildman–Crippen MR) is 73.8 cm³/mol. The van der Waals surface area contributed by atoms with Gasteiger partial charge in [0.25, 0.3) is 0 Å². The average Bonchev–Trinajstić information content (AvgIpc) is 2.33. The summed E-state index contributed by atoms with van der Waals surface area (Å²) in [5.41, 5.74) is 5.85. The second kappa shape index (κ2) is 7.35. The van der Waals surface area contributed by atoms with Crippen molar-refractivity contribution in [3.63, 3.8) is 0 Å². The molecule has 0 aliphatic rings. The van der Waals surface area contributed by atoms with Crippen molar-refractivity contribution in [2.45, 2.75) is 30.4 Å². The summed E-state index contributed by atoms with van der Waals surface area (Å²) in [5.74, 6) is -1.03. The number of hydrogen-bond donors (Lipinski definition) is 2. The lowest BCUT2D eigenvalue weighted by Crippen LogP contribution is -2.09. The molecule has 1 aromatic rings. The zero-order valence-corrected chi connectivity index (χ0v) is 11.8. The average molecular weight is 287 g/mol. The fraction of sp³-hybridized carbons (Fsp3) is 0.462. The number of hydrogen-bond acceptors (Lipinski definition) is 5. The summed E-state index contributed by atoms with van der Waals surface area (Å²) in [6.07, 6.45) is 0.545. The molecule has 4 nitrogen and oxygen atoms in total. The van der Waals surface area contributed by atoms with Crippen LogP contribution in [0.2, 0.25) is 0 Å². The van der Waals surface area contributed by atoms with E-state index in [0.717, 1.165) is 6.07 Å². The van der Waals surface area contributed by atoms with Gasteiger partial charge in [-0.2, -0.15) is 0 Å². The summed E-state index contributed by atoms with van der Waals surface area (Å²) in [5, 5.41) is 8.88. The standard InChI is InChI=1S/C13H18FNO3S/c1-3-18-13(17)9-6-12(10(14)7-11(9)15)19-8(2)4-5-16/h6-8,16H,3-5,15H2,1-2H3. The SMILES string of the molecule is CCOC(=O)c1cc(SC(C)CCO)c(F)cc1N. The molecule has 1 unspecified atom stereocenters. The van der Waals surface area contributed by atoms with E-state index in [2.05, 4.69) is 0 Å². The van der Waals surface area contributed by atoms with Gasteiger partial charge >= 0.3 is 5.97 Å². The molecule has 1 aromatic carbocycles. The number of carbonyl (C=O) groups excluding carboxylic acids is 1. The normalized spacial score (nSPS) is 12.2. The molecule has 0 amide bonds. The lowest BCUT2D eigenvalue weighted by atomic mass is 10.2. The van der Waals surface area contributed by atoms with Crippen molar-refractivity contribution in [2.24, 2.45) is 0 Å². The maximum absolute atomic E-state index is 13.8. The quantitative estimate of drug-likeness (QED) is 0.477. The Morgan fingerprint density at radius 1 is 1.58 bits per heavy atom. The van der Waals surface area contributed by atoms with E-state index in [9.17, 15) is 9.18 Å². The van der Waals surface area contributed by atoms with Gasteiger partial charge in [-0.15, -0.1) is 11.8 Å². The van der Waals surface area contributed by atoms with Crippen molar-refractivity contribution < 1.29 is 19.0 Å².